The van der Waals surface area contributed by atoms with Crippen LogP contribution in [0.15, 0.2) is 71.4 Å². The highest BCUT2D eigenvalue weighted by Gasteiger charge is 2.09. The third-order valence-corrected chi connectivity index (χ3v) is 4.07. The molecule has 0 unspecified atom stereocenters. The van der Waals surface area contributed by atoms with E-state index in [1.165, 1.54) is 0 Å². The van der Waals surface area contributed by atoms with Crippen LogP contribution in [-0.2, 0) is 0 Å². The summed E-state index contributed by atoms with van der Waals surface area (Å²) in [5.74, 6) is 2.01. The van der Waals surface area contributed by atoms with E-state index in [2.05, 4.69) is 32.9 Å². The third kappa shape index (κ3) is 2.92. The summed E-state index contributed by atoms with van der Waals surface area (Å²) in [6, 6.07) is 20.3. The van der Waals surface area contributed by atoms with Crippen LogP contribution in [0.2, 0.25) is 0 Å². The van der Waals surface area contributed by atoms with Crippen LogP contribution in [0.3, 0.4) is 0 Å². The van der Waals surface area contributed by atoms with Gasteiger partial charge in [0, 0.05) is 24.4 Å². The lowest BCUT2D eigenvalue weighted by molar-refractivity contribution is 0.394. The Morgan fingerprint density at radius 3 is 2.28 bits per heavy atom. The Bertz CT molecular complexity index is 982. The first-order chi connectivity index (χ1) is 12.2. The number of benzene rings is 2. The van der Waals surface area contributed by atoms with E-state index in [0.717, 1.165) is 28.3 Å². The SMILES string of the molecule is COc1ccc(-c2cccn2-c2ccc(-c3noc(C)n3)cc2)cc1. The fourth-order valence-electron chi connectivity index (χ4n) is 2.79. The van der Waals surface area contributed by atoms with Crippen LogP contribution in [0.5, 0.6) is 5.75 Å². The third-order valence-electron chi connectivity index (χ3n) is 4.07. The molecule has 0 aliphatic rings. The molecule has 0 bridgehead atoms. The van der Waals surface area contributed by atoms with Gasteiger partial charge in [-0.3, -0.25) is 0 Å². The average molecular weight is 331 g/mol. The van der Waals surface area contributed by atoms with Crippen molar-refractivity contribution in [2.24, 2.45) is 0 Å². The summed E-state index contributed by atoms with van der Waals surface area (Å²) in [6.07, 6.45) is 2.05. The minimum atomic E-state index is 0.561. The van der Waals surface area contributed by atoms with E-state index in [9.17, 15) is 0 Å². The van der Waals surface area contributed by atoms with E-state index < -0.39 is 0 Å². The molecule has 0 saturated carbocycles. The summed E-state index contributed by atoms with van der Waals surface area (Å²) < 4.78 is 12.4. The van der Waals surface area contributed by atoms with Crippen molar-refractivity contribution in [1.82, 2.24) is 14.7 Å². The zero-order valence-corrected chi connectivity index (χ0v) is 14.0. The van der Waals surface area contributed by atoms with Gasteiger partial charge in [-0.1, -0.05) is 5.16 Å². The van der Waals surface area contributed by atoms with Crippen molar-refractivity contribution in [1.29, 1.82) is 0 Å². The van der Waals surface area contributed by atoms with Gasteiger partial charge in [-0.2, -0.15) is 4.98 Å². The maximum atomic E-state index is 5.23. The van der Waals surface area contributed by atoms with Gasteiger partial charge in [-0.25, -0.2) is 0 Å². The molecule has 0 aliphatic carbocycles. The Morgan fingerprint density at radius 1 is 0.920 bits per heavy atom. The molecule has 0 saturated heterocycles. The van der Waals surface area contributed by atoms with Crippen LogP contribution in [0.25, 0.3) is 28.3 Å². The predicted octanol–water partition coefficient (Wildman–Crippen LogP) is 4.51. The largest absolute Gasteiger partial charge is 0.497 e. The average Bonchev–Trinajstić information content (AvgIpc) is 3.31. The Morgan fingerprint density at radius 2 is 1.64 bits per heavy atom. The fourth-order valence-corrected chi connectivity index (χ4v) is 2.79. The van der Waals surface area contributed by atoms with E-state index in [0.29, 0.717) is 11.7 Å². The van der Waals surface area contributed by atoms with Crippen LogP contribution < -0.4 is 4.74 Å². The lowest BCUT2D eigenvalue weighted by atomic mass is 10.1. The maximum absolute atomic E-state index is 5.23. The summed E-state index contributed by atoms with van der Waals surface area (Å²) in [7, 11) is 1.67. The number of nitrogens with zero attached hydrogens (tertiary/aromatic N) is 3. The minimum Gasteiger partial charge on any atom is -0.497 e. The normalized spacial score (nSPS) is 10.8. The molecule has 0 radical (unpaired) electrons. The second kappa shape index (κ2) is 6.28. The summed E-state index contributed by atoms with van der Waals surface area (Å²) in [5, 5.41) is 3.96. The molecule has 2 aromatic heterocycles. The molecule has 5 heteroatoms. The summed E-state index contributed by atoms with van der Waals surface area (Å²) in [5.41, 5.74) is 4.24. The zero-order chi connectivity index (χ0) is 17.2. The van der Waals surface area contributed by atoms with Gasteiger partial charge in [-0.15, -0.1) is 0 Å². The van der Waals surface area contributed by atoms with Crippen molar-refractivity contribution in [2.45, 2.75) is 6.92 Å². The van der Waals surface area contributed by atoms with Gasteiger partial charge < -0.3 is 13.8 Å². The van der Waals surface area contributed by atoms with Gasteiger partial charge in [0.25, 0.3) is 0 Å². The fraction of sp³-hybridized carbons (Fsp3) is 0.100. The molecule has 0 amide bonds. The molecule has 0 N–H and O–H groups in total. The van der Waals surface area contributed by atoms with Crippen LogP contribution in [0.4, 0.5) is 0 Å². The number of aryl methyl sites for hydroxylation is 1. The summed E-state index contributed by atoms with van der Waals surface area (Å²) >= 11 is 0. The van der Waals surface area contributed by atoms with Gasteiger partial charge in [-0.05, 0) is 66.2 Å². The highest BCUT2D eigenvalue weighted by atomic mass is 16.5. The highest BCUT2D eigenvalue weighted by Crippen LogP contribution is 2.27. The van der Waals surface area contributed by atoms with Crippen molar-refractivity contribution in [3.05, 3.63) is 72.8 Å². The quantitative estimate of drug-likeness (QED) is 0.552. The zero-order valence-electron chi connectivity index (χ0n) is 14.0. The molecule has 0 aliphatic heterocycles. The summed E-state index contributed by atoms with van der Waals surface area (Å²) in [4.78, 5) is 4.26. The standard InChI is InChI=1S/C20H17N3O2/c1-14-21-20(22-25-14)16-5-9-17(10-6-16)23-13-3-4-19(23)15-7-11-18(24-2)12-8-15/h3-13H,1-2H3. The van der Waals surface area contributed by atoms with Crippen molar-refractivity contribution < 1.29 is 9.26 Å². The Kier molecular flexibility index (Phi) is 3.82. The van der Waals surface area contributed by atoms with Gasteiger partial charge >= 0.3 is 0 Å². The number of hydrogen-bond acceptors (Lipinski definition) is 4. The molecule has 4 rings (SSSR count). The number of rotatable bonds is 4. The summed E-state index contributed by atoms with van der Waals surface area (Å²) in [6.45, 7) is 1.78. The van der Waals surface area contributed by atoms with E-state index in [-0.39, 0.29) is 0 Å². The van der Waals surface area contributed by atoms with E-state index in [4.69, 9.17) is 9.26 Å². The predicted molar refractivity (Wildman–Crippen MR) is 95.8 cm³/mol. The van der Waals surface area contributed by atoms with Gasteiger partial charge in [0.2, 0.25) is 11.7 Å². The molecule has 0 spiro atoms. The van der Waals surface area contributed by atoms with Crippen molar-refractivity contribution in [3.8, 4) is 34.1 Å². The highest BCUT2D eigenvalue weighted by molar-refractivity contribution is 5.65. The Labute approximate surface area is 145 Å². The smallest absolute Gasteiger partial charge is 0.223 e. The second-order valence-electron chi connectivity index (χ2n) is 5.68. The first kappa shape index (κ1) is 15.2. The first-order valence-electron chi connectivity index (χ1n) is 7.97. The molecular formula is C20H17N3O2. The molecule has 2 aromatic carbocycles. The molecule has 25 heavy (non-hydrogen) atoms. The molecule has 0 fully saturated rings. The molecule has 0 atom stereocenters. The lowest BCUT2D eigenvalue weighted by Crippen LogP contribution is -1.95. The van der Waals surface area contributed by atoms with E-state index >= 15 is 0 Å². The maximum Gasteiger partial charge on any atom is 0.223 e. The first-order valence-corrected chi connectivity index (χ1v) is 7.97. The number of ether oxygens (including phenoxy) is 1. The lowest BCUT2D eigenvalue weighted by Gasteiger charge is -2.10. The van der Waals surface area contributed by atoms with Crippen molar-refractivity contribution in [2.75, 3.05) is 7.11 Å². The van der Waals surface area contributed by atoms with Crippen LogP contribution in [-0.4, -0.2) is 21.8 Å². The monoisotopic (exact) mass is 331 g/mol. The number of aromatic nitrogens is 3. The molecule has 2 heterocycles. The van der Waals surface area contributed by atoms with Gasteiger partial charge in [0.15, 0.2) is 0 Å². The molecule has 5 nitrogen and oxygen atoms in total. The number of methoxy groups -OCH3 is 1. The van der Waals surface area contributed by atoms with Crippen LogP contribution >= 0.6 is 0 Å². The van der Waals surface area contributed by atoms with Crippen molar-refractivity contribution in [3.63, 3.8) is 0 Å². The topological polar surface area (TPSA) is 53.1 Å². The molecular weight excluding hydrogens is 314 g/mol. The van der Waals surface area contributed by atoms with E-state index in [1.807, 2.05) is 48.7 Å². The molecule has 124 valence electrons. The van der Waals surface area contributed by atoms with E-state index in [1.54, 1.807) is 14.0 Å². The Balaban J connectivity index is 1.67. The second-order valence-corrected chi connectivity index (χ2v) is 5.68. The minimum absolute atomic E-state index is 0.561. The van der Waals surface area contributed by atoms with Gasteiger partial charge in [0.1, 0.15) is 5.75 Å². The number of hydrogen-bond donors (Lipinski definition) is 0. The van der Waals surface area contributed by atoms with Crippen LogP contribution in [0, 0.1) is 6.92 Å². The van der Waals surface area contributed by atoms with Crippen molar-refractivity contribution >= 4 is 0 Å². The van der Waals surface area contributed by atoms with Crippen LogP contribution in [0.1, 0.15) is 5.89 Å². The molecule has 4 aromatic rings. The van der Waals surface area contributed by atoms with Gasteiger partial charge in [0.05, 0.1) is 12.8 Å². The Hall–Kier alpha value is -3.34.